The molecule has 15 heteroatoms. The normalized spacial score (nSPS) is 25.1. The Morgan fingerprint density at radius 1 is 0.981 bits per heavy atom. The monoisotopic (exact) mass is 723 g/mol. The molecule has 2 heterocycles. The van der Waals surface area contributed by atoms with Crippen molar-refractivity contribution < 1.29 is 68.1 Å². The highest BCUT2D eigenvalue weighted by Crippen LogP contribution is 2.62. The molecule has 1 aliphatic carbocycles. The average molecular weight is 724 g/mol. The van der Waals surface area contributed by atoms with E-state index in [2.05, 4.69) is 0 Å². The number of nitrogens with zero attached hydrogens (tertiary/aromatic N) is 1. The van der Waals surface area contributed by atoms with E-state index in [1.165, 1.54) is 37.3 Å². The third-order valence-electron chi connectivity index (χ3n) is 10.3. The summed E-state index contributed by atoms with van der Waals surface area (Å²) in [5.74, 6) is -8.69. The van der Waals surface area contributed by atoms with Crippen LogP contribution in [-0.2, 0) is 48.4 Å². The minimum atomic E-state index is -2.09. The number of aryl methyl sites for hydroxylation is 1. The van der Waals surface area contributed by atoms with Crippen molar-refractivity contribution in [2.75, 3.05) is 13.6 Å². The highest BCUT2D eigenvalue weighted by molar-refractivity contribution is 5.89. The van der Waals surface area contributed by atoms with Gasteiger partial charge >= 0.3 is 29.8 Å². The van der Waals surface area contributed by atoms with E-state index in [4.69, 9.17) is 24.1 Å². The number of ketones is 1. The lowest BCUT2D eigenvalue weighted by Gasteiger charge is -2.58. The van der Waals surface area contributed by atoms with Crippen molar-refractivity contribution in [3.8, 4) is 11.5 Å². The van der Waals surface area contributed by atoms with Gasteiger partial charge in [0.25, 0.3) is 0 Å². The topological polar surface area (TPSA) is 223 Å². The van der Waals surface area contributed by atoms with Crippen molar-refractivity contribution in [2.24, 2.45) is 5.92 Å². The second kappa shape index (κ2) is 14.8. The summed E-state index contributed by atoms with van der Waals surface area (Å²) in [6, 6.07) is 10.2. The number of phenols is 1. The summed E-state index contributed by atoms with van der Waals surface area (Å²) in [6.07, 6.45) is -5.24. The average Bonchev–Trinajstić information content (AvgIpc) is 3.45. The van der Waals surface area contributed by atoms with E-state index < -0.39 is 90.1 Å². The van der Waals surface area contributed by atoms with Crippen LogP contribution < -0.4 is 4.74 Å². The van der Waals surface area contributed by atoms with Gasteiger partial charge in [-0.2, -0.15) is 0 Å². The van der Waals surface area contributed by atoms with Crippen molar-refractivity contribution in [2.45, 2.75) is 88.2 Å². The molecule has 0 saturated carbocycles. The van der Waals surface area contributed by atoms with E-state index in [9.17, 15) is 44.1 Å². The number of carboxylic acid groups (broad SMARTS) is 2. The molecular weight excluding hydrogens is 682 g/mol. The number of aliphatic hydroxyl groups is 1. The number of aliphatic carboxylic acids is 2. The summed E-state index contributed by atoms with van der Waals surface area (Å²) in [6.45, 7) is 5.48. The molecule has 15 nitrogen and oxygen atoms in total. The number of Topliss-reactive ketones (excluding diaryl/α,β-unsaturated/α-hetero) is 1. The lowest BCUT2D eigenvalue weighted by molar-refractivity contribution is -0.181. The Hall–Kier alpha value is -5.28. The number of likely N-dealkylation sites (N-methyl/N-ethyl adjacent to an activating group) is 1. The largest absolute Gasteiger partial charge is 0.504 e. The van der Waals surface area contributed by atoms with Crippen LogP contribution in [0.15, 0.2) is 54.3 Å². The fourth-order valence-corrected chi connectivity index (χ4v) is 7.60. The van der Waals surface area contributed by atoms with Crippen molar-refractivity contribution >= 4 is 35.6 Å². The van der Waals surface area contributed by atoms with Crippen LogP contribution in [-0.4, -0.2) is 98.4 Å². The molecule has 1 fully saturated rings. The number of hydrogen-bond acceptors (Lipinski definition) is 13. The predicted molar refractivity (Wildman–Crippen MR) is 178 cm³/mol. The zero-order valence-electron chi connectivity index (χ0n) is 29.1. The first-order valence-electron chi connectivity index (χ1n) is 16.7. The molecule has 0 aromatic heterocycles. The summed E-state index contributed by atoms with van der Waals surface area (Å²) in [4.78, 5) is 77.4. The van der Waals surface area contributed by atoms with Crippen LogP contribution in [0.2, 0.25) is 0 Å². The number of phenolic OH excluding ortho intramolecular Hbond substituents is 1. The highest BCUT2D eigenvalue weighted by Gasteiger charge is 2.69. The molecule has 278 valence electrons. The minimum absolute atomic E-state index is 0.0541. The molecule has 0 bridgehead atoms. The number of esters is 3. The SMILES string of the molecule is CC(=O)C[C@@H](CC(=O)OC1=CC[C@@]2(O)[C@@H](C)N(C)CC[C@@]23c2c(C)ccc(O)c2O[C@@H]13)C(=O)O[C@H](C(=O)O[C@@H](CC(=O)O)C(=O)O)c1ccccc1. The van der Waals surface area contributed by atoms with E-state index in [1.807, 2.05) is 25.8 Å². The molecule has 2 aromatic carbocycles. The van der Waals surface area contributed by atoms with Crippen LogP contribution in [0.5, 0.6) is 11.5 Å². The Kier molecular flexibility index (Phi) is 10.8. The van der Waals surface area contributed by atoms with Gasteiger partial charge in [0.1, 0.15) is 11.5 Å². The van der Waals surface area contributed by atoms with Gasteiger partial charge in [-0.05, 0) is 58.5 Å². The number of ether oxygens (including phenoxy) is 4. The number of hydrogen-bond donors (Lipinski definition) is 4. The Bertz CT molecular complexity index is 1810. The Balaban J connectivity index is 1.40. The third-order valence-corrected chi connectivity index (χ3v) is 10.3. The van der Waals surface area contributed by atoms with Gasteiger partial charge in [-0.25, -0.2) is 9.59 Å². The van der Waals surface area contributed by atoms with Crippen molar-refractivity contribution in [1.29, 1.82) is 0 Å². The fraction of sp³-hybridized carbons (Fsp3) is 0.459. The summed E-state index contributed by atoms with van der Waals surface area (Å²) < 4.78 is 22.5. The molecule has 0 unspecified atom stereocenters. The van der Waals surface area contributed by atoms with Gasteiger partial charge in [-0.3, -0.25) is 14.4 Å². The number of likely N-dealkylation sites (tertiary alicyclic amines) is 1. The lowest BCUT2D eigenvalue weighted by Crippen LogP contribution is -2.71. The first kappa shape index (κ1) is 38.0. The molecule has 4 N–H and O–H groups in total. The lowest BCUT2D eigenvalue weighted by atomic mass is 9.54. The van der Waals surface area contributed by atoms with E-state index >= 15 is 0 Å². The fourth-order valence-electron chi connectivity index (χ4n) is 7.60. The molecule has 1 saturated heterocycles. The van der Waals surface area contributed by atoms with E-state index in [0.29, 0.717) is 18.5 Å². The molecule has 0 amide bonds. The van der Waals surface area contributed by atoms with Gasteiger partial charge in [0, 0.05) is 30.0 Å². The number of piperidine rings is 1. The number of carbonyl (C=O) groups is 6. The van der Waals surface area contributed by atoms with Crippen molar-refractivity contribution in [3.63, 3.8) is 0 Å². The first-order chi connectivity index (χ1) is 24.5. The van der Waals surface area contributed by atoms with Gasteiger partial charge in [0.15, 0.2) is 17.6 Å². The number of aromatic hydroxyl groups is 1. The van der Waals surface area contributed by atoms with E-state index in [-0.39, 0.29) is 35.3 Å². The van der Waals surface area contributed by atoms with Crippen molar-refractivity contribution in [3.05, 3.63) is 71.0 Å². The molecule has 1 spiro atoms. The predicted octanol–water partition coefficient (Wildman–Crippen LogP) is 2.73. The summed E-state index contributed by atoms with van der Waals surface area (Å²) in [5, 5.41) is 41.6. The Morgan fingerprint density at radius 3 is 2.31 bits per heavy atom. The van der Waals surface area contributed by atoms with Gasteiger partial charge in [0.2, 0.25) is 12.2 Å². The zero-order chi connectivity index (χ0) is 38.1. The number of fused-ring (bicyclic) bond motifs is 1. The molecule has 0 radical (unpaired) electrons. The number of carboxylic acids is 2. The maximum Gasteiger partial charge on any atom is 0.353 e. The van der Waals surface area contributed by atoms with Crippen molar-refractivity contribution in [1.82, 2.24) is 4.90 Å². The summed E-state index contributed by atoms with van der Waals surface area (Å²) in [5.41, 5.74) is -1.06. The highest BCUT2D eigenvalue weighted by atomic mass is 16.6. The quantitative estimate of drug-likeness (QED) is 0.172. The van der Waals surface area contributed by atoms with E-state index in [1.54, 1.807) is 18.2 Å². The molecular formula is C37H41NO14. The molecule has 2 aliphatic heterocycles. The number of rotatable bonds is 13. The molecule has 52 heavy (non-hydrogen) atoms. The van der Waals surface area contributed by atoms with Crippen LogP contribution in [0.25, 0.3) is 0 Å². The third kappa shape index (κ3) is 6.97. The van der Waals surface area contributed by atoms with Gasteiger partial charge in [0.05, 0.1) is 29.8 Å². The smallest absolute Gasteiger partial charge is 0.353 e. The van der Waals surface area contributed by atoms with Crippen LogP contribution in [0.3, 0.4) is 0 Å². The Labute approximate surface area is 298 Å². The second-order valence-electron chi connectivity index (χ2n) is 13.6. The minimum Gasteiger partial charge on any atom is -0.504 e. The summed E-state index contributed by atoms with van der Waals surface area (Å²) in [7, 11) is 1.90. The summed E-state index contributed by atoms with van der Waals surface area (Å²) >= 11 is 0. The van der Waals surface area contributed by atoms with Gasteiger partial charge < -0.3 is 49.1 Å². The van der Waals surface area contributed by atoms with Gasteiger partial charge in [-0.1, -0.05) is 36.4 Å². The molecule has 7 atom stereocenters. The van der Waals surface area contributed by atoms with Crippen LogP contribution in [0.1, 0.15) is 68.7 Å². The van der Waals surface area contributed by atoms with Crippen LogP contribution in [0, 0.1) is 12.8 Å². The maximum absolute atomic E-state index is 13.6. The maximum atomic E-state index is 13.6. The zero-order valence-corrected chi connectivity index (χ0v) is 29.1. The second-order valence-corrected chi connectivity index (χ2v) is 13.6. The molecule has 2 aromatic rings. The number of carbonyl (C=O) groups excluding carboxylic acids is 4. The van der Waals surface area contributed by atoms with E-state index in [0.717, 1.165) is 5.56 Å². The molecule has 3 aliphatic rings. The van der Waals surface area contributed by atoms with Gasteiger partial charge in [-0.15, -0.1) is 0 Å². The Morgan fingerprint density at radius 2 is 1.67 bits per heavy atom. The van der Waals surface area contributed by atoms with Crippen LogP contribution in [0.4, 0.5) is 0 Å². The first-order valence-corrected chi connectivity index (χ1v) is 16.7. The number of benzene rings is 2. The van der Waals surface area contributed by atoms with Crippen LogP contribution >= 0.6 is 0 Å². The molecule has 5 rings (SSSR count). The standard InChI is InChI=1S/C37H41NO14/c1-19-10-11-24(40)31-29(19)36-14-15-38(4)21(3)37(36,48)13-12-25(32(36)51-31)49-28(43)17-23(16-20(2)39)34(46)52-30(22-8-6-5-7-9-22)35(47)50-26(33(44)45)18-27(41)42/h5-12,21,23,26,30,32,40,48H,13-18H2,1-4H3,(H,41,42)(H,44,45)/t21-,23+,26+,30+,32+,36+,37-/m1/s1.